The zero-order chi connectivity index (χ0) is 26.5. The van der Waals surface area contributed by atoms with Gasteiger partial charge in [-0.2, -0.15) is 0 Å². The van der Waals surface area contributed by atoms with Crippen molar-refractivity contribution in [3.8, 4) is 17.2 Å². The molecular weight excluding hydrogens is 648 g/mol. The first-order valence-corrected chi connectivity index (χ1v) is 13.8. The highest BCUT2D eigenvalue weighted by Crippen LogP contribution is 2.38. The van der Waals surface area contributed by atoms with E-state index in [1.165, 1.54) is 4.90 Å². The second-order valence-electron chi connectivity index (χ2n) is 8.05. The Labute approximate surface area is 243 Å². The van der Waals surface area contributed by atoms with Gasteiger partial charge in [0.1, 0.15) is 19.0 Å². The topological polar surface area (TPSA) is 65.1 Å². The van der Waals surface area contributed by atoms with Gasteiger partial charge in [-0.3, -0.25) is 14.5 Å². The Bertz CT molecular complexity index is 1360. The van der Waals surface area contributed by atoms with Crippen LogP contribution in [0.2, 0.25) is 10.0 Å². The summed E-state index contributed by atoms with van der Waals surface area (Å²) in [6.07, 6.45) is 1.68. The van der Waals surface area contributed by atoms with Crippen LogP contribution < -0.4 is 14.2 Å². The highest BCUT2D eigenvalue weighted by atomic mass is 127. The molecule has 37 heavy (non-hydrogen) atoms. The van der Waals surface area contributed by atoms with Gasteiger partial charge < -0.3 is 14.2 Å². The number of carbonyl (C=O) groups excluding carboxylic acids is 2. The number of imide groups is 1. The lowest BCUT2D eigenvalue weighted by Gasteiger charge is -2.15. The number of ether oxygens (including phenoxy) is 3. The summed E-state index contributed by atoms with van der Waals surface area (Å²) in [4.78, 5) is 26.9. The number of carbonyl (C=O) groups is 2. The van der Waals surface area contributed by atoms with Gasteiger partial charge in [-0.05, 0) is 89.3 Å². The number of thioether (sulfide) groups is 1. The molecule has 10 heteroatoms. The number of methoxy groups -OCH3 is 1. The number of nitrogens with zero attached hydrogens (tertiary/aromatic N) is 1. The normalized spacial score (nSPS) is 14.4. The average Bonchev–Trinajstić information content (AvgIpc) is 3.12. The van der Waals surface area contributed by atoms with Crippen molar-refractivity contribution in [1.82, 2.24) is 4.90 Å². The summed E-state index contributed by atoms with van der Waals surface area (Å²) in [6, 6.07) is 16.4. The Balaban J connectivity index is 1.44. The first-order chi connectivity index (χ1) is 17.7. The van der Waals surface area contributed by atoms with Gasteiger partial charge in [0.05, 0.1) is 22.1 Å². The molecule has 0 radical (unpaired) electrons. The summed E-state index contributed by atoms with van der Waals surface area (Å²) < 4.78 is 18.0. The maximum absolute atomic E-state index is 12.9. The summed E-state index contributed by atoms with van der Waals surface area (Å²) in [6.45, 7) is 2.59. The molecule has 6 nitrogen and oxygen atoms in total. The lowest BCUT2D eigenvalue weighted by molar-refractivity contribution is -0.123. The van der Waals surface area contributed by atoms with Crippen molar-refractivity contribution in [2.24, 2.45) is 0 Å². The second-order valence-corrected chi connectivity index (χ2v) is 11.1. The number of hydrogen-bond donors (Lipinski definition) is 0. The minimum absolute atomic E-state index is 0.163. The van der Waals surface area contributed by atoms with E-state index >= 15 is 0 Å². The number of aryl methyl sites for hydroxylation is 1. The van der Waals surface area contributed by atoms with Crippen molar-refractivity contribution in [3.63, 3.8) is 0 Å². The molecule has 0 N–H and O–H groups in total. The van der Waals surface area contributed by atoms with Crippen molar-refractivity contribution in [1.29, 1.82) is 0 Å². The number of rotatable bonds is 9. The van der Waals surface area contributed by atoms with Crippen molar-refractivity contribution >= 4 is 74.8 Å². The van der Waals surface area contributed by atoms with E-state index in [0.29, 0.717) is 37.8 Å². The molecule has 1 aliphatic heterocycles. The van der Waals surface area contributed by atoms with Crippen LogP contribution in [-0.4, -0.2) is 36.3 Å². The van der Waals surface area contributed by atoms with Crippen LogP contribution in [-0.2, 0) is 11.4 Å². The van der Waals surface area contributed by atoms with Crippen LogP contribution in [0.5, 0.6) is 17.2 Å². The molecule has 1 heterocycles. The minimum Gasteiger partial charge on any atom is -0.493 e. The van der Waals surface area contributed by atoms with Gasteiger partial charge in [-0.1, -0.05) is 47.0 Å². The molecular formula is C27H22Cl2INO5S. The highest BCUT2D eigenvalue weighted by molar-refractivity contribution is 14.1. The number of hydrogen-bond acceptors (Lipinski definition) is 6. The number of benzene rings is 3. The van der Waals surface area contributed by atoms with Crippen molar-refractivity contribution < 1.29 is 23.8 Å². The molecule has 3 aromatic rings. The molecule has 0 saturated carbocycles. The average molecular weight is 670 g/mol. The smallest absolute Gasteiger partial charge is 0.293 e. The van der Waals surface area contributed by atoms with Gasteiger partial charge in [-0.25, -0.2) is 0 Å². The Hall–Kier alpha value is -2.40. The van der Waals surface area contributed by atoms with E-state index in [9.17, 15) is 9.59 Å². The van der Waals surface area contributed by atoms with Crippen LogP contribution in [0.3, 0.4) is 0 Å². The molecule has 0 aromatic heterocycles. The molecule has 0 spiro atoms. The van der Waals surface area contributed by atoms with Crippen LogP contribution in [0.4, 0.5) is 4.79 Å². The molecule has 2 amide bonds. The van der Waals surface area contributed by atoms with E-state index in [4.69, 9.17) is 37.4 Å². The van der Waals surface area contributed by atoms with Gasteiger partial charge in [0, 0.05) is 15.6 Å². The fourth-order valence-electron chi connectivity index (χ4n) is 3.49. The summed E-state index contributed by atoms with van der Waals surface area (Å²) in [5.41, 5.74) is 2.62. The summed E-state index contributed by atoms with van der Waals surface area (Å²) in [5.74, 6) is 1.38. The molecule has 1 aliphatic rings. The molecule has 0 unspecified atom stereocenters. The first-order valence-electron chi connectivity index (χ1n) is 11.1. The van der Waals surface area contributed by atoms with Gasteiger partial charge in [0.2, 0.25) is 0 Å². The quantitative estimate of drug-likeness (QED) is 0.173. The predicted octanol–water partition coefficient (Wildman–Crippen LogP) is 7.61. The van der Waals surface area contributed by atoms with Gasteiger partial charge in [0.15, 0.2) is 11.5 Å². The van der Waals surface area contributed by atoms with Crippen LogP contribution in [0, 0.1) is 10.5 Å². The summed E-state index contributed by atoms with van der Waals surface area (Å²) >= 11 is 15.3. The maximum Gasteiger partial charge on any atom is 0.293 e. The molecule has 192 valence electrons. The molecule has 1 fully saturated rings. The molecule has 3 aromatic carbocycles. The molecule has 1 saturated heterocycles. The lowest BCUT2D eigenvalue weighted by atomic mass is 10.1. The zero-order valence-electron chi connectivity index (χ0n) is 19.9. The SMILES string of the molecule is COc1cc(/C=C2\SC(=O)N(CCOc3ccc(C)cc3)C2=O)cc(I)c1OCc1ccc(Cl)cc1Cl. The maximum atomic E-state index is 12.9. The molecule has 0 bridgehead atoms. The second kappa shape index (κ2) is 12.4. The van der Waals surface area contributed by atoms with Crippen LogP contribution in [0.1, 0.15) is 16.7 Å². The van der Waals surface area contributed by atoms with E-state index < -0.39 is 0 Å². The molecule has 0 aliphatic carbocycles. The van der Waals surface area contributed by atoms with E-state index in [0.717, 1.165) is 26.5 Å². The predicted molar refractivity (Wildman–Crippen MR) is 156 cm³/mol. The Morgan fingerprint density at radius 3 is 2.49 bits per heavy atom. The van der Waals surface area contributed by atoms with Crippen LogP contribution >= 0.6 is 57.6 Å². The fourth-order valence-corrected chi connectivity index (χ4v) is 5.59. The van der Waals surface area contributed by atoms with Gasteiger partial charge in [0.25, 0.3) is 11.1 Å². The monoisotopic (exact) mass is 669 g/mol. The third kappa shape index (κ3) is 6.93. The summed E-state index contributed by atoms with van der Waals surface area (Å²) in [7, 11) is 1.54. The van der Waals surface area contributed by atoms with E-state index in [2.05, 4.69) is 22.6 Å². The largest absolute Gasteiger partial charge is 0.493 e. The summed E-state index contributed by atoms with van der Waals surface area (Å²) in [5, 5.41) is 0.733. The van der Waals surface area contributed by atoms with Gasteiger partial charge >= 0.3 is 0 Å². The fraction of sp³-hybridized carbons (Fsp3) is 0.185. The first kappa shape index (κ1) is 27.6. The Kier molecular flexibility index (Phi) is 9.28. The van der Waals surface area contributed by atoms with E-state index in [-0.39, 0.29) is 30.9 Å². The van der Waals surface area contributed by atoms with Crippen LogP contribution in [0.25, 0.3) is 6.08 Å². The Morgan fingerprint density at radius 2 is 1.78 bits per heavy atom. The van der Waals surface area contributed by atoms with E-state index in [1.807, 2.05) is 37.3 Å². The molecule has 4 rings (SSSR count). The zero-order valence-corrected chi connectivity index (χ0v) is 24.4. The highest BCUT2D eigenvalue weighted by Gasteiger charge is 2.35. The number of amides is 2. The third-order valence-electron chi connectivity index (χ3n) is 5.41. The van der Waals surface area contributed by atoms with Gasteiger partial charge in [-0.15, -0.1) is 0 Å². The van der Waals surface area contributed by atoms with E-state index in [1.54, 1.807) is 37.5 Å². The minimum atomic E-state index is -0.353. The lowest BCUT2D eigenvalue weighted by Crippen LogP contribution is -2.32. The standard InChI is InChI=1S/C27H22Cl2INO5S/c1-16-3-7-20(8-4-16)35-10-9-31-26(32)24(37-27(31)33)13-17-11-22(30)25(23(12-17)34-2)36-15-18-5-6-19(28)14-21(18)29/h3-8,11-14H,9-10,15H2,1-2H3/b24-13-. The van der Waals surface area contributed by atoms with Crippen molar-refractivity contribution in [3.05, 3.63) is 89.8 Å². The van der Waals surface area contributed by atoms with Crippen molar-refractivity contribution in [2.45, 2.75) is 13.5 Å². The third-order valence-corrected chi connectivity index (χ3v) is 7.71. The Morgan fingerprint density at radius 1 is 1.03 bits per heavy atom. The number of halogens is 3. The van der Waals surface area contributed by atoms with Crippen LogP contribution in [0.15, 0.2) is 59.5 Å². The van der Waals surface area contributed by atoms with Crippen molar-refractivity contribution in [2.75, 3.05) is 20.3 Å². The molecule has 0 atom stereocenters.